The number of carbonyl (C=O) groups excluding carboxylic acids is 1. The first kappa shape index (κ1) is 8.50. The van der Waals surface area contributed by atoms with Gasteiger partial charge in [0.25, 0.3) is 0 Å². The quantitative estimate of drug-likeness (QED) is 0.528. The summed E-state index contributed by atoms with van der Waals surface area (Å²) in [5.41, 5.74) is 0.337. The Balaban J connectivity index is 3.48. The Morgan fingerprint density at radius 2 is 2.40 bits per heavy atom. The number of nitrogens with zero attached hydrogens (tertiary/aromatic N) is 1. The van der Waals surface area contributed by atoms with Crippen molar-refractivity contribution in [2.75, 3.05) is 13.6 Å². The third-order valence-corrected chi connectivity index (χ3v) is 0.848. The van der Waals surface area contributed by atoms with Gasteiger partial charge in [0.1, 0.15) is 0 Å². The smallest absolute Gasteiger partial charge is 0.314 e. The maximum Gasteiger partial charge on any atom is 0.314 e. The number of urea groups is 1. The van der Waals surface area contributed by atoms with Crippen LogP contribution < -0.4 is 10.6 Å². The standard InChI is InChI=1S/C6H9N3O/c1-5(3-7)4-9-6(10)8-2/h1,4H2,2H3,(H2,8,9,10). The zero-order chi connectivity index (χ0) is 7.98. The number of hydrogen-bond acceptors (Lipinski definition) is 2. The lowest BCUT2D eigenvalue weighted by Gasteiger charge is -1.99. The van der Waals surface area contributed by atoms with Crippen LogP contribution in [0.5, 0.6) is 0 Å². The number of amides is 2. The van der Waals surface area contributed by atoms with E-state index >= 15 is 0 Å². The van der Waals surface area contributed by atoms with E-state index in [0.29, 0.717) is 5.57 Å². The van der Waals surface area contributed by atoms with Crippen LogP contribution in [0.2, 0.25) is 0 Å². The Morgan fingerprint density at radius 1 is 1.80 bits per heavy atom. The van der Waals surface area contributed by atoms with E-state index in [1.807, 2.05) is 6.07 Å². The summed E-state index contributed by atoms with van der Waals surface area (Å²) in [5, 5.41) is 13.0. The minimum atomic E-state index is -0.309. The van der Waals surface area contributed by atoms with Crippen LogP contribution in [0.3, 0.4) is 0 Å². The van der Waals surface area contributed by atoms with Crippen LogP contribution >= 0.6 is 0 Å². The SMILES string of the molecule is C=C(C#N)CNC(=O)NC. The average Bonchev–Trinajstić information content (AvgIpc) is 1.99. The third kappa shape index (κ3) is 3.50. The van der Waals surface area contributed by atoms with Gasteiger partial charge >= 0.3 is 6.03 Å². The third-order valence-electron chi connectivity index (χ3n) is 0.848. The second-order valence-corrected chi connectivity index (χ2v) is 1.65. The Morgan fingerprint density at radius 3 is 2.80 bits per heavy atom. The molecular weight excluding hydrogens is 130 g/mol. The molecule has 10 heavy (non-hydrogen) atoms. The predicted molar refractivity (Wildman–Crippen MR) is 37.2 cm³/mol. The van der Waals surface area contributed by atoms with E-state index in [1.165, 1.54) is 7.05 Å². The summed E-state index contributed by atoms with van der Waals surface area (Å²) < 4.78 is 0. The molecule has 0 bridgehead atoms. The molecule has 0 fully saturated rings. The first-order valence-electron chi connectivity index (χ1n) is 2.74. The highest BCUT2D eigenvalue weighted by Crippen LogP contribution is 1.80. The fourth-order valence-corrected chi connectivity index (χ4v) is 0.315. The molecule has 2 amide bonds. The van der Waals surface area contributed by atoms with Crippen molar-refractivity contribution in [3.8, 4) is 6.07 Å². The molecule has 0 radical (unpaired) electrons. The van der Waals surface area contributed by atoms with Crippen molar-refractivity contribution in [1.29, 1.82) is 5.26 Å². The summed E-state index contributed by atoms with van der Waals surface area (Å²) in [6, 6.07) is 1.50. The number of hydrogen-bond donors (Lipinski definition) is 2. The van der Waals surface area contributed by atoms with Crippen molar-refractivity contribution in [2.45, 2.75) is 0 Å². The number of nitrogens with one attached hydrogen (secondary N) is 2. The van der Waals surface area contributed by atoms with E-state index in [9.17, 15) is 4.79 Å². The second-order valence-electron chi connectivity index (χ2n) is 1.65. The minimum Gasteiger partial charge on any atom is -0.341 e. The molecule has 0 aliphatic rings. The summed E-state index contributed by atoms with van der Waals surface area (Å²) >= 11 is 0. The van der Waals surface area contributed by atoms with E-state index in [-0.39, 0.29) is 12.6 Å². The van der Waals surface area contributed by atoms with E-state index in [1.54, 1.807) is 0 Å². The highest BCUT2D eigenvalue weighted by Gasteiger charge is 1.94. The van der Waals surface area contributed by atoms with Gasteiger partial charge in [0, 0.05) is 12.6 Å². The van der Waals surface area contributed by atoms with Gasteiger partial charge < -0.3 is 10.6 Å². The highest BCUT2D eigenvalue weighted by molar-refractivity contribution is 5.73. The van der Waals surface area contributed by atoms with Crippen molar-refractivity contribution < 1.29 is 4.79 Å². The van der Waals surface area contributed by atoms with Crippen LogP contribution in [-0.2, 0) is 0 Å². The molecule has 0 aliphatic carbocycles. The molecule has 54 valence electrons. The van der Waals surface area contributed by atoms with Crippen LogP contribution in [0.4, 0.5) is 4.79 Å². The molecule has 4 nitrogen and oxygen atoms in total. The lowest BCUT2D eigenvalue weighted by atomic mass is 10.3. The van der Waals surface area contributed by atoms with Gasteiger partial charge in [0.15, 0.2) is 0 Å². The molecule has 0 aromatic rings. The summed E-state index contributed by atoms with van der Waals surface area (Å²) in [6.45, 7) is 3.58. The normalized spacial score (nSPS) is 7.60. The Labute approximate surface area is 59.5 Å². The van der Waals surface area contributed by atoms with Crippen molar-refractivity contribution in [3.05, 3.63) is 12.2 Å². The molecule has 0 heterocycles. The first-order chi connectivity index (χ1) is 4.70. The van der Waals surface area contributed by atoms with E-state index < -0.39 is 0 Å². The fourth-order valence-electron chi connectivity index (χ4n) is 0.315. The molecular formula is C6H9N3O. The van der Waals surface area contributed by atoms with Crippen molar-refractivity contribution >= 4 is 6.03 Å². The minimum absolute atomic E-state index is 0.205. The topological polar surface area (TPSA) is 64.9 Å². The van der Waals surface area contributed by atoms with Gasteiger partial charge in [-0.15, -0.1) is 0 Å². The average molecular weight is 139 g/mol. The first-order valence-corrected chi connectivity index (χ1v) is 2.74. The molecule has 0 atom stereocenters. The lowest BCUT2D eigenvalue weighted by Crippen LogP contribution is -2.33. The fraction of sp³-hybridized carbons (Fsp3) is 0.333. The number of rotatable bonds is 2. The molecule has 0 aromatic carbocycles. The van der Waals surface area contributed by atoms with Crippen molar-refractivity contribution in [2.24, 2.45) is 0 Å². The lowest BCUT2D eigenvalue weighted by molar-refractivity contribution is 0.244. The van der Waals surface area contributed by atoms with Gasteiger partial charge in [-0.1, -0.05) is 6.58 Å². The Bertz CT molecular complexity index is 180. The largest absolute Gasteiger partial charge is 0.341 e. The zero-order valence-electron chi connectivity index (χ0n) is 5.77. The van der Waals surface area contributed by atoms with Crippen LogP contribution in [0.15, 0.2) is 12.2 Å². The highest BCUT2D eigenvalue weighted by atomic mass is 16.2. The van der Waals surface area contributed by atoms with E-state index in [0.717, 1.165) is 0 Å². The van der Waals surface area contributed by atoms with Crippen molar-refractivity contribution in [3.63, 3.8) is 0 Å². The summed E-state index contributed by atoms with van der Waals surface area (Å²) in [5.74, 6) is 0. The number of carbonyl (C=O) groups is 1. The van der Waals surface area contributed by atoms with Gasteiger partial charge in [-0.05, 0) is 0 Å². The second kappa shape index (κ2) is 4.39. The summed E-state index contributed by atoms with van der Waals surface area (Å²) in [7, 11) is 1.50. The maximum atomic E-state index is 10.5. The van der Waals surface area contributed by atoms with Gasteiger partial charge in [-0.25, -0.2) is 4.79 Å². The summed E-state index contributed by atoms with van der Waals surface area (Å²) in [4.78, 5) is 10.5. The van der Waals surface area contributed by atoms with Gasteiger partial charge in [-0.2, -0.15) is 5.26 Å². The van der Waals surface area contributed by atoms with Gasteiger partial charge in [0.05, 0.1) is 12.6 Å². The predicted octanol–water partition coefficient (Wildman–Crippen LogP) is -0.00482. The molecule has 2 N–H and O–H groups in total. The van der Waals surface area contributed by atoms with Crippen molar-refractivity contribution in [1.82, 2.24) is 10.6 Å². The van der Waals surface area contributed by atoms with Gasteiger partial charge in [0.2, 0.25) is 0 Å². The molecule has 0 aliphatic heterocycles. The Kier molecular flexibility index (Phi) is 3.73. The number of nitriles is 1. The Hall–Kier alpha value is -1.50. The molecule has 0 saturated carbocycles. The maximum absolute atomic E-state index is 10.5. The monoisotopic (exact) mass is 139 g/mol. The van der Waals surface area contributed by atoms with Crippen LogP contribution in [-0.4, -0.2) is 19.6 Å². The van der Waals surface area contributed by atoms with Crippen LogP contribution in [0, 0.1) is 11.3 Å². The van der Waals surface area contributed by atoms with E-state index in [2.05, 4.69) is 17.2 Å². The van der Waals surface area contributed by atoms with E-state index in [4.69, 9.17) is 5.26 Å². The van der Waals surface area contributed by atoms with Gasteiger partial charge in [-0.3, -0.25) is 0 Å². The molecule has 0 rings (SSSR count). The molecule has 0 saturated heterocycles. The molecule has 0 unspecified atom stereocenters. The van der Waals surface area contributed by atoms with Crippen LogP contribution in [0.25, 0.3) is 0 Å². The molecule has 4 heteroatoms. The zero-order valence-corrected chi connectivity index (χ0v) is 5.77. The molecule has 0 spiro atoms. The van der Waals surface area contributed by atoms with Crippen LogP contribution in [0.1, 0.15) is 0 Å². The summed E-state index contributed by atoms with van der Waals surface area (Å²) in [6.07, 6.45) is 0. The molecule has 0 aromatic heterocycles.